The molecular formula is C13H13N3O2S. The molecule has 5 nitrogen and oxygen atoms in total. The highest BCUT2D eigenvalue weighted by atomic mass is 32.1. The van der Waals surface area contributed by atoms with E-state index in [0.29, 0.717) is 16.4 Å². The summed E-state index contributed by atoms with van der Waals surface area (Å²) >= 11 is 1.36. The van der Waals surface area contributed by atoms with Gasteiger partial charge in [0.1, 0.15) is 0 Å². The lowest BCUT2D eigenvalue weighted by atomic mass is 10.1. The van der Waals surface area contributed by atoms with E-state index in [9.17, 15) is 9.59 Å². The number of Topliss-reactive ketones (excluding diaryl/α,β-unsaturated/α-hetero) is 1. The molecule has 19 heavy (non-hydrogen) atoms. The van der Waals surface area contributed by atoms with Crippen LogP contribution in [0.1, 0.15) is 23.0 Å². The van der Waals surface area contributed by atoms with Gasteiger partial charge in [0, 0.05) is 16.6 Å². The first-order valence-electron chi connectivity index (χ1n) is 5.66. The van der Waals surface area contributed by atoms with Crippen molar-refractivity contribution in [2.24, 2.45) is 0 Å². The zero-order valence-corrected chi connectivity index (χ0v) is 11.4. The summed E-state index contributed by atoms with van der Waals surface area (Å²) in [5, 5.41) is 7.68. The lowest BCUT2D eigenvalue weighted by Crippen LogP contribution is -2.19. The Morgan fingerprint density at radius 3 is 2.68 bits per heavy atom. The lowest BCUT2D eigenvalue weighted by Gasteiger charge is -2.06. The molecule has 0 radical (unpaired) electrons. The van der Waals surface area contributed by atoms with Gasteiger partial charge >= 0.3 is 6.03 Å². The molecule has 0 aliphatic heterocycles. The van der Waals surface area contributed by atoms with Gasteiger partial charge in [-0.05, 0) is 26.0 Å². The quantitative estimate of drug-likeness (QED) is 0.844. The molecule has 1 aromatic carbocycles. The van der Waals surface area contributed by atoms with Crippen LogP contribution in [-0.4, -0.2) is 16.8 Å². The average molecular weight is 275 g/mol. The van der Waals surface area contributed by atoms with Crippen molar-refractivity contribution < 1.29 is 9.59 Å². The summed E-state index contributed by atoms with van der Waals surface area (Å²) in [4.78, 5) is 27.1. The molecule has 2 N–H and O–H groups in total. The summed E-state index contributed by atoms with van der Waals surface area (Å²) in [5.41, 5.74) is 1.99. The fourth-order valence-electron chi connectivity index (χ4n) is 1.49. The van der Waals surface area contributed by atoms with Crippen LogP contribution < -0.4 is 10.6 Å². The Morgan fingerprint density at radius 2 is 2.05 bits per heavy atom. The van der Waals surface area contributed by atoms with Crippen LogP contribution in [0.2, 0.25) is 0 Å². The van der Waals surface area contributed by atoms with Gasteiger partial charge in [-0.15, -0.1) is 11.3 Å². The number of rotatable bonds is 3. The fourth-order valence-corrected chi connectivity index (χ4v) is 2.17. The second-order valence-corrected chi connectivity index (χ2v) is 4.87. The summed E-state index contributed by atoms with van der Waals surface area (Å²) in [7, 11) is 0. The predicted octanol–water partition coefficient (Wildman–Crippen LogP) is 3.30. The lowest BCUT2D eigenvalue weighted by molar-refractivity contribution is 0.101. The third kappa shape index (κ3) is 3.62. The Labute approximate surface area is 114 Å². The molecule has 0 atom stereocenters. The van der Waals surface area contributed by atoms with Crippen LogP contribution in [0.4, 0.5) is 15.6 Å². The minimum atomic E-state index is -0.380. The smallest absolute Gasteiger partial charge is 0.308 e. The molecule has 0 fully saturated rings. The first kappa shape index (κ1) is 13.2. The van der Waals surface area contributed by atoms with E-state index in [1.165, 1.54) is 18.3 Å². The molecule has 0 spiro atoms. The van der Waals surface area contributed by atoms with E-state index >= 15 is 0 Å². The van der Waals surface area contributed by atoms with Crippen LogP contribution in [0.25, 0.3) is 0 Å². The van der Waals surface area contributed by atoms with Crippen molar-refractivity contribution >= 4 is 34.0 Å². The highest BCUT2D eigenvalue weighted by molar-refractivity contribution is 7.13. The molecule has 2 amide bonds. The molecule has 0 saturated heterocycles. The second-order valence-electron chi connectivity index (χ2n) is 4.01. The van der Waals surface area contributed by atoms with E-state index in [2.05, 4.69) is 15.6 Å². The van der Waals surface area contributed by atoms with Crippen LogP contribution in [-0.2, 0) is 0 Å². The van der Waals surface area contributed by atoms with E-state index in [0.717, 1.165) is 5.69 Å². The Bertz CT molecular complexity index is 622. The minimum absolute atomic E-state index is 0.0420. The number of amides is 2. The third-order valence-electron chi connectivity index (χ3n) is 2.37. The van der Waals surface area contributed by atoms with Crippen molar-refractivity contribution in [2.45, 2.75) is 13.8 Å². The topological polar surface area (TPSA) is 71.1 Å². The van der Waals surface area contributed by atoms with Crippen molar-refractivity contribution in [3.05, 3.63) is 40.9 Å². The maximum absolute atomic E-state index is 11.7. The number of thiazole rings is 1. The van der Waals surface area contributed by atoms with Gasteiger partial charge in [-0.25, -0.2) is 9.78 Å². The number of hydrogen-bond donors (Lipinski definition) is 2. The molecule has 1 aromatic heterocycles. The van der Waals surface area contributed by atoms with E-state index in [-0.39, 0.29) is 11.8 Å². The summed E-state index contributed by atoms with van der Waals surface area (Å²) in [6.45, 7) is 3.34. The number of nitrogens with one attached hydrogen (secondary N) is 2. The normalized spacial score (nSPS) is 10.0. The van der Waals surface area contributed by atoms with Gasteiger partial charge in [0.2, 0.25) is 0 Å². The van der Waals surface area contributed by atoms with Gasteiger partial charge in [-0.3, -0.25) is 10.1 Å². The fraction of sp³-hybridized carbons (Fsp3) is 0.154. The van der Waals surface area contributed by atoms with Crippen LogP contribution >= 0.6 is 11.3 Å². The molecule has 6 heteroatoms. The Morgan fingerprint density at radius 1 is 1.26 bits per heavy atom. The molecule has 98 valence electrons. The monoisotopic (exact) mass is 275 g/mol. The van der Waals surface area contributed by atoms with Crippen molar-refractivity contribution in [2.75, 3.05) is 10.6 Å². The van der Waals surface area contributed by atoms with Gasteiger partial charge < -0.3 is 5.32 Å². The molecule has 0 saturated carbocycles. The van der Waals surface area contributed by atoms with Crippen LogP contribution in [0.3, 0.4) is 0 Å². The number of carbonyl (C=O) groups is 2. The highest BCUT2D eigenvalue weighted by Crippen LogP contribution is 2.15. The highest BCUT2D eigenvalue weighted by Gasteiger charge is 2.06. The summed E-state index contributed by atoms with van der Waals surface area (Å²) in [6, 6.07) is 6.40. The number of nitrogens with zero attached hydrogens (tertiary/aromatic N) is 1. The first-order valence-corrected chi connectivity index (χ1v) is 6.53. The third-order valence-corrected chi connectivity index (χ3v) is 3.24. The second kappa shape index (κ2) is 5.62. The number of aromatic nitrogens is 1. The zero-order valence-electron chi connectivity index (χ0n) is 10.6. The Balaban J connectivity index is 2.02. The summed E-state index contributed by atoms with van der Waals surface area (Å²) in [6.07, 6.45) is 0. The number of anilines is 2. The molecule has 0 bridgehead atoms. The molecule has 1 heterocycles. The summed E-state index contributed by atoms with van der Waals surface area (Å²) < 4.78 is 0. The molecule has 2 rings (SSSR count). The van der Waals surface area contributed by atoms with Crippen molar-refractivity contribution in [1.29, 1.82) is 0 Å². The zero-order chi connectivity index (χ0) is 13.8. The maximum atomic E-state index is 11.7. The molecular weight excluding hydrogens is 262 g/mol. The van der Waals surface area contributed by atoms with E-state index in [1.807, 2.05) is 12.3 Å². The van der Waals surface area contributed by atoms with Crippen LogP contribution in [0.5, 0.6) is 0 Å². The number of hydrogen-bond acceptors (Lipinski definition) is 4. The maximum Gasteiger partial charge on any atom is 0.325 e. The molecule has 0 unspecified atom stereocenters. The predicted molar refractivity (Wildman–Crippen MR) is 75.9 cm³/mol. The van der Waals surface area contributed by atoms with Crippen molar-refractivity contribution in [1.82, 2.24) is 4.98 Å². The number of aryl methyl sites for hydroxylation is 1. The Kier molecular flexibility index (Phi) is 3.91. The number of benzene rings is 1. The van der Waals surface area contributed by atoms with E-state index < -0.39 is 0 Å². The van der Waals surface area contributed by atoms with E-state index in [4.69, 9.17) is 0 Å². The van der Waals surface area contributed by atoms with Gasteiger partial charge in [0.05, 0.1) is 5.69 Å². The largest absolute Gasteiger partial charge is 0.325 e. The van der Waals surface area contributed by atoms with Crippen LogP contribution in [0.15, 0.2) is 29.6 Å². The van der Waals surface area contributed by atoms with Gasteiger partial charge in [-0.1, -0.05) is 12.1 Å². The van der Waals surface area contributed by atoms with Crippen molar-refractivity contribution in [3.8, 4) is 0 Å². The van der Waals surface area contributed by atoms with Crippen molar-refractivity contribution in [3.63, 3.8) is 0 Å². The molecule has 0 aliphatic carbocycles. The van der Waals surface area contributed by atoms with E-state index in [1.54, 1.807) is 24.3 Å². The Hall–Kier alpha value is -2.21. The first-order chi connectivity index (χ1) is 9.04. The average Bonchev–Trinajstić information content (AvgIpc) is 2.74. The van der Waals surface area contributed by atoms with Crippen LogP contribution in [0, 0.1) is 6.92 Å². The molecule has 2 aromatic rings. The SMILES string of the molecule is CC(=O)c1cccc(NC(=O)Nc2nc(C)cs2)c1. The number of ketones is 1. The summed E-state index contributed by atoms with van der Waals surface area (Å²) in [5.74, 6) is -0.0420. The minimum Gasteiger partial charge on any atom is -0.308 e. The number of urea groups is 1. The van der Waals surface area contributed by atoms with Gasteiger partial charge in [-0.2, -0.15) is 0 Å². The standard InChI is InChI=1S/C13H13N3O2S/c1-8-7-19-13(14-8)16-12(18)15-11-5-3-4-10(6-11)9(2)17/h3-7H,1-2H3,(H2,14,15,16,18). The van der Waals surface area contributed by atoms with Gasteiger partial charge in [0.15, 0.2) is 10.9 Å². The molecule has 0 aliphatic rings. The van der Waals surface area contributed by atoms with Gasteiger partial charge in [0.25, 0.3) is 0 Å². The number of carbonyl (C=O) groups excluding carboxylic acids is 2.